The molecule has 1 fully saturated rings. The van der Waals surface area contributed by atoms with Gasteiger partial charge >= 0.3 is 0 Å². The second-order valence-corrected chi connectivity index (χ2v) is 8.14. The Bertz CT molecular complexity index is 836. The summed E-state index contributed by atoms with van der Waals surface area (Å²) in [6.07, 6.45) is 3.06. The summed E-state index contributed by atoms with van der Waals surface area (Å²) >= 11 is 6.34. The number of ether oxygens (including phenoxy) is 2. The van der Waals surface area contributed by atoms with Gasteiger partial charge in [0, 0.05) is 32.1 Å². The van der Waals surface area contributed by atoms with E-state index in [4.69, 9.17) is 21.1 Å². The number of fused-ring (bicyclic) bond motifs is 1. The van der Waals surface area contributed by atoms with E-state index in [0.29, 0.717) is 36.2 Å². The van der Waals surface area contributed by atoms with Gasteiger partial charge < -0.3 is 14.8 Å². The van der Waals surface area contributed by atoms with Crippen molar-refractivity contribution in [3.63, 3.8) is 0 Å². The first-order valence-corrected chi connectivity index (χ1v) is 10.7. The Hall–Kier alpha value is -2.24. The Labute approximate surface area is 176 Å². The van der Waals surface area contributed by atoms with Gasteiger partial charge in [-0.3, -0.25) is 9.69 Å². The fraction of sp³-hybridized carbons (Fsp3) is 0.435. The summed E-state index contributed by atoms with van der Waals surface area (Å²) in [7, 11) is 0. The van der Waals surface area contributed by atoms with E-state index in [1.807, 2.05) is 12.1 Å². The number of piperidine rings is 1. The molecule has 1 saturated heterocycles. The maximum absolute atomic E-state index is 12.6. The molecule has 1 N–H and O–H groups in total. The molecule has 0 bridgehead atoms. The van der Waals surface area contributed by atoms with Crippen LogP contribution in [0.5, 0.6) is 11.5 Å². The Kier molecular flexibility index (Phi) is 6.57. The molecular formula is C23H27ClN2O3. The van der Waals surface area contributed by atoms with Gasteiger partial charge in [0.15, 0.2) is 11.5 Å². The van der Waals surface area contributed by atoms with E-state index >= 15 is 0 Å². The summed E-state index contributed by atoms with van der Waals surface area (Å²) in [4.78, 5) is 15.0. The van der Waals surface area contributed by atoms with Crippen LogP contribution in [-0.2, 0) is 17.8 Å². The first kappa shape index (κ1) is 20.0. The second-order valence-electron chi connectivity index (χ2n) is 7.74. The predicted molar refractivity (Wildman–Crippen MR) is 114 cm³/mol. The van der Waals surface area contributed by atoms with Crippen LogP contribution in [0.15, 0.2) is 42.5 Å². The van der Waals surface area contributed by atoms with Crippen molar-refractivity contribution in [3.05, 3.63) is 58.6 Å². The summed E-state index contributed by atoms with van der Waals surface area (Å²) < 4.78 is 11.4. The van der Waals surface area contributed by atoms with Crippen molar-refractivity contribution in [1.29, 1.82) is 0 Å². The molecule has 0 aliphatic carbocycles. The number of amides is 1. The van der Waals surface area contributed by atoms with Gasteiger partial charge in [0.25, 0.3) is 0 Å². The molecule has 0 unspecified atom stereocenters. The Morgan fingerprint density at radius 1 is 1.07 bits per heavy atom. The monoisotopic (exact) mass is 414 g/mol. The Morgan fingerprint density at radius 3 is 2.62 bits per heavy atom. The molecule has 0 atom stereocenters. The lowest BCUT2D eigenvalue weighted by molar-refractivity contribution is -0.121. The lowest BCUT2D eigenvalue weighted by Crippen LogP contribution is -2.44. The van der Waals surface area contributed by atoms with Crippen molar-refractivity contribution in [3.8, 4) is 11.5 Å². The highest BCUT2D eigenvalue weighted by Gasteiger charge is 2.22. The number of carbonyl (C=O) groups is 1. The van der Waals surface area contributed by atoms with E-state index in [-0.39, 0.29) is 11.9 Å². The molecule has 29 heavy (non-hydrogen) atoms. The van der Waals surface area contributed by atoms with Crippen LogP contribution in [0.1, 0.15) is 30.4 Å². The standard InChI is InChI=1S/C23H27ClN2O3/c24-20-13-18(14-21-23(20)29-12-4-11-28-21)15-22(27)25-19-7-9-26(10-8-19)16-17-5-2-1-3-6-17/h1-3,5-6,13-14,19H,4,7-12,15-16H2,(H,25,27). The third kappa shape index (κ3) is 5.43. The first-order valence-electron chi connectivity index (χ1n) is 10.3. The predicted octanol–water partition coefficient (Wildman–Crippen LogP) is 3.82. The zero-order chi connectivity index (χ0) is 20.1. The largest absolute Gasteiger partial charge is 0.489 e. The van der Waals surface area contributed by atoms with Crippen molar-refractivity contribution >= 4 is 17.5 Å². The second kappa shape index (κ2) is 9.51. The fourth-order valence-electron chi connectivity index (χ4n) is 3.93. The van der Waals surface area contributed by atoms with Crippen molar-refractivity contribution < 1.29 is 14.3 Å². The molecule has 2 heterocycles. The molecule has 5 nitrogen and oxygen atoms in total. The van der Waals surface area contributed by atoms with Gasteiger partial charge in [0.1, 0.15) is 0 Å². The van der Waals surface area contributed by atoms with E-state index in [0.717, 1.165) is 44.5 Å². The number of benzene rings is 2. The smallest absolute Gasteiger partial charge is 0.224 e. The molecule has 2 aromatic rings. The van der Waals surface area contributed by atoms with Gasteiger partial charge in [-0.2, -0.15) is 0 Å². The van der Waals surface area contributed by atoms with Crippen LogP contribution in [0.25, 0.3) is 0 Å². The highest BCUT2D eigenvalue weighted by atomic mass is 35.5. The number of carbonyl (C=O) groups excluding carboxylic acids is 1. The topological polar surface area (TPSA) is 50.8 Å². The van der Waals surface area contributed by atoms with Crippen molar-refractivity contribution in [2.24, 2.45) is 0 Å². The van der Waals surface area contributed by atoms with Crippen LogP contribution >= 0.6 is 11.6 Å². The van der Waals surface area contributed by atoms with Crippen LogP contribution in [0.4, 0.5) is 0 Å². The molecular weight excluding hydrogens is 388 g/mol. The molecule has 0 spiro atoms. The van der Waals surface area contributed by atoms with E-state index in [1.54, 1.807) is 6.07 Å². The summed E-state index contributed by atoms with van der Waals surface area (Å²) in [5.74, 6) is 1.24. The zero-order valence-corrected chi connectivity index (χ0v) is 17.3. The molecule has 2 aromatic carbocycles. The molecule has 2 aliphatic rings. The summed E-state index contributed by atoms with van der Waals surface area (Å²) in [6.45, 7) is 4.15. The average Bonchev–Trinajstić information content (AvgIpc) is 2.96. The number of hydrogen-bond donors (Lipinski definition) is 1. The number of nitrogens with one attached hydrogen (secondary N) is 1. The SMILES string of the molecule is O=C(Cc1cc(Cl)c2c(c1)OCCCO2)NC1CCN(Cc2ccccc2)CC1. The molecule has 1 amide bonds. The molecule has 154 valence electrons. The molecule has 4 rings (SSSR count). The molecule has 0 aromatic heterocycles. The minimum absolute atomic E-state index is 0.0251. The maximum Gasteiger partial charge on any atom is 0.224 e. The van der Waals surface area contributed by atoms with Crippen molar-refractivity contribution in [2.45, 2.75) is 38.3 Å². The van der Waals surface area contributed by atoms with Gasteiger partial charge in [-0.15, -0.1) is 0 Å². The van der Waals surface area contributed by atoms with E-state index < -0.39 is 0 Å². The van der Waals surface area contributed by atoms with Crippen LogP contribution < -0.4 is 14.8 Å². The van der Waals surface area contributed by atoms with Gasteiger partial charge in [0.05, 0.1) is 24.7 Å². The van der Waals surface area contributed by atoms with Crippen molar-refractivity contribution in [2.75, 3.05) is 26.3 Å². The van der Waals surface area contributed by atoms with Crippen LogP contribution in [0.3, 0.4) is 0 Å². The lowest BCUT2D eigenvalue weighted by Gasteiger charge is -2.32. The van der Waals surface area contributed by atoms with E-state index in [9.17, 15) is 4.79 Å². The number of rotatable bonds is 5. The van der Waals surface area contributed by atoms with E-state index in [1.165, 1.54) is 5.56 Å². The van der Waals surface area contributed by atoms with Gasteiger partial charge in [-0.1, -0.05) is 41.9 Å². The quantitative estimate of drug-likeness (QED) is 0.808. The van der Waals surface area contributed by atoms with Gasteiger partial charge in [0.2, 0.25) is 5.91 Å². The number of likely N-dealkylation sites (tertiary alicyclic amines) is 1. The van der Waals surface area contributed by atoms with Gasteiger partial charge in [-0.05, 0) is 36.1 Å². The zero-order valence-electron chi connectivity index (χ0n) is 16.5. The van der Waals surface area contributed by atoms with Crippen LogP contribution in [0.2, 0.25) is 5.02 Å². The highest BCUT2D eigenvalue weighted by Crippen LogP contribution is 2.38. The first-order chi connectivity index (χ1) is 14.2. The van der Waals surface area contributed by atoms with E-state index in [2.05, 4.69) is 34.5 Å². The molecule has 0 radical (unpaired) electrons. The average molecular weight is 415 g/mol. The van der Waals surface area contributed by atoms with Crippen LogP contribution in [-0.4, -0.2) is 43.2 Å². The number of hydrogen-bond acceptors (Lipinski definition) is 4. The Morgan fingerprint density at radius 2 is 1.83 bits per heavy atom. The molecule has 6 heteroatoms. The number of halogens is 1. The highest BCUT2D eigenvalue weighted by molar-refractivity contribution is 6.32. The maximum atomic E-state index is 12.6. The molecule has 0 saturated carbocycles. The minimum atomic E-state index is 0.0251. The van der Waals surface area contributed by atoms with Crippen LogP contribution in [0, 0.1) is 0 Å². The Balaban J connectivity index is 1.27. The summed E-state index contributed by atoms with van der Waals surface area (Å²) in [5, 5.41) is 3.68. The summed E-state index contributed by atoms with van der Waals surface area (Å²) in [6, 6.07) is 14.4. The summed E-state index contributed by atoms with van der Waals surface area (Å²) in [5.41, 5.74) is 2.18. The third-order valence-corrected chi connectivity index (χ3v) is 5.71. The molecule has 2 aliphatic heterocycles. The number of nitrogens with zero attached hydrogens (tertiary/aromatic N) is 1. The van der Waals surface area contributed by atoms with Gasteiger partial charge in [-0.25, -0.2) is 0 Å². The third-order valence-electron chi connectivity index (χ3n) is 5.43. The normalized spacial score (nSPS) is 17.6. The fourth-order valence-corrected chi connectivity index (χ4v) is 4.22. The lowest BCUT2D eigenvalue weighted by atomic mass is 10.0. The minimum Gasteiger partial charge on any atom is -0.489 e. The van der Waals surface area contributed by atoms with Crippen molar-refractivity contribution in [1.82, 2.24) is 10.2 Å².